The van der Waals surface area contributed by atoms with E-state index in [1.165, 1.54) is 4.31 Å². The summed E-state index contributed by atoms with van der Waals surface area (Å²) in [5, 5.41) is 7.99. The Morgan fingerprint density at radius 2 is 2.24 bits per heavy atom. The van der Waals surface area contributed by atoms with Crippen LogP contribution in [-0.2, 0) is 10.0 Å². The molecule has 1 saturated heterocycles. The van der Waals surface area contributed by atoms with Crippen molar-refractivity contribution in [1.82, 2.24) is 4.31 Å². The monoisotopic (exact) mass is 259 g/mol. The summed E-state index contributed by atoms with van der Waals surface area (Å²) in [4.78, 5) is 0. The molecule has 0 aliphatic carbocycles. The maximum Gasteiger partial charge on any atom is 0.230 e. The van der Waals surface area contributed by atoms with Crippen molar-refractivity contribution < 1.29 is 8.42 Å². The minimum atomic E-state index is -3.53. The van der Waals surface area contributed by atoms with Crippen molar-refractivity contribution in [3.8, 4) is 6.07 Å². The van der Waals surface area contributed by atoms with Crippen LogP contribution in [0.2, 0.25) is 0 Å². The Hall–Kier alpha value is -0.640. The predicted octanol–water partition coefficient (Wildman–Crippen LogP) is 0.678. The summed E-state index contributed by atoms with van der Waals surface area (Å²) in [5.74, 6) is 0.264. The maximum atomic E-state index is 12.3. The molecule has 3 atom stereocenters. The zero-order chi connectivity index (χ0) is 13.1. The molecule has 1 aliphatic heterocycles. The van der Waals surface area contributed by atoms with Gasteiger partial charge < -0.3 is 5.73 Å². The lowest BCUT2D eigenvalue weighted by molar-refractivity contribution is 0.191. The van der Waals surface area contributed by atoms with Gasteiger partial charge in [-0.15, -0.1) is 0 Å². The Morgan fingerprint density at radius 1 is 1.59 bits per heavy atom. The largest absolute Gasteiger partial charge is 0.329 e. The number of hydrogen-bond donors (Lipinski definition) is 1. The van der Waals surface area contributed by atoms with E-state index < -0.39 is 15.3 Å². The predicted molar refractivity (Wildman–Crippen MR) is 66.6 cm³/mol. The summed E-state index contributed by atoms with van der Waals surface area (Å²) in [7, 11) is -3.53. The van der Waals surface area contributed by atoms with Crippen LogP contribution in [0.3, 0.4) is 0 Å². The van der Waals surface area contributed by atoms with Gasteiger partial charge in [-0.1, -0.05) is 13.8 Å². The van der Waals surface area contributed by atoms with Gasteiger partial charge in [-0.3, -0.25) is 0 Å². The van der Waals surface area contributed by atoms with Crippen LogP contribution < -0.4 is 5.73 Å². The first-order valence-electron chi connectivity index (χ1n) is 6.09. The van der Waals surface area contributed by atoms with E-state index in [-0.39, 0.29) is 12.0 Å². The quantitative estimate of drug-likeness (QED) is 0.804. The van der Waals surface area contributed by atoms with E-state index in [4.69, 9.17) is 11.0 Å². The Morgan fingerprint density at radius 3 is 2.71 bits per heavy atom. The molecule has 0 aromatic heterocycles. The molecule has 5 nitrogen and oxygen atoms in total. The summed E-state index contributed by atoms with van der Waals surface area (Å²) in [6.07, 6.45) is 2.16. The number of hydrogen-bond acceptors (Lipinski definition) is 4. The number of rotatable bonds is 4. The molecule has 1 heterocycles. The first kappa shape index (κ1) is 14.4. The van der Waals surface area contributed by atoms with Crippen molar-refractivity contribution in [3.63, 3.8) is 0 Å². The molecule has 6 heteroatoms. The van der Waals surface area contributed by atoms with Gasteiger partial charge in [-0.25, -0.2) is 8.42 Å². The molecular weight excluding hydrogens is 238 g/mol. The van der Waals surface area contributed by atoms with E-state index in [0.29, 0.717) is 19.5 Å². The van der Waals surface area contributed by atoms with E-state index in [1.807, 2.05) is 13.0 Å². The SMILES string of the molecule is CCC(C#N)S(=O)(=O)N1CCCC(C)C1CN. The van der Waals surface area contributed by atoms with Crippen molar-refractivity contribution in [2.75, 3.05) is 13.1 Å². The van der Waals surface area contributed by atoms with Gasteiger partial charge in [0.1, 0.15) is 0 Å². The number of nitriles is 1. The summed E-state index contributed by atoms with van der Waals surface area (Å²) >= 11 is 0. The van der Waals surface area contributed by atoms with Gasteiger partial charge >= 0.3 is 0 Å². The van der Waals surface area contributed by atoms with Crippen LogP contribution in [0.4, 0.5) is 0 Å². The van der Waals surface area contributed by atoms with Gasteiger partial charge in [0, 0.05) is 19.1 Å². The summed E-state index contributed by atoms with van der Waals surface area (Å²) in [6, 6.07) is 1.72. The Bertz CT molecular complexity index is 388. The third kappa shape index (κ3) is 2.79. The highest BCUT2D eigenvalue weighted by atomic mass is 32.2. The number of nitrogens with zero attached hydrogens (tertiary/aromatic N) is 2. The first-order valence-corrected chi connectivity index (χ1v) is 7.59. The Balaban J connectivity index is 3.01. The molecule has 0 aromatic carbocycles. The van der Waals surface area contributed by atoms with Crippen LogP contribution in [0, 0.1) is 17.2 Å². The molecule has 98 valence electrons. The molecule has 0 aromatic rings. The van der Waals surface area contributed by atoms with Crippen LogP contribution in [0.25, 0.3) is 0 Å². The number of nitrogens with two attached hydrogens (primary N) is 1. The highest BCUT2D eigenvalue weighted by Gasteiger charge is 2.39. The van der Waals surface area contributed by atoms with Crippen molar-refractivity contribution in [3.05, 3.63) is 0 Å². The fourth-order valence-corrected chi connectivity index (χ4v) is 4.35. The van der Waals surface area contributed by atoms with E-state index >= 15 is 0 Å². The van der Waals surface area contributed by atoms with Gasteiger partial charge in [0.2, 0.25) is 10.0 Å². The molecule has 0 bridgehead atoms. The number of piperidine rings is 1. The van der Waals surface area contributed by atoms with Gasteiger partial charge in [0.15, 0.2) is 5.25 Å². The standard InChI is InChI=1S/C11H21N3O2S/c1-3-10(7-12)17(15,16)14-6-4-5-9(2)11(14)8-13/h9-11H,3-6,8,13H2,1-2H3. The van der Waals surface area contributed by atoms with Crippen molar-refractivity contribution in [2.45, 2.75) is 44.4 Å². The van der Waals surface area contributed by atoms with E-state index in [9.17, 15) is 8.42 Å². The van der Waals surface area contributed by atoms with Gasteiger partial charge in [0.25, 0.3) is 0 Å². The van der Waals surface area contributed by atoms with Crippen LogP contribution in [0.5, 0.6) is 0 Å². The number of sulfonamides is 1. The molecule has 3 unspecified atom stereocenters. The van der Waals surface area contributed by atoms with Gasteiger partial charge in [0.05, 0.1) is 6.07 Å². The first-order chi connectivity index (χ1) is 7.98. The summed E-state index contributed by atoms with van der Waals surface area (Å²) in [6.45, 7) is 4.55. The summed E-state index contributed by atoms with van der Waals surface area (Å²) in [5.41, 5.74) is 5.67. The van der Waals surface area contributed by atoms with Crippen LogP contribution in [-0.4, -0.2) is 37.1 Å². The molecular formula is C11H21N3O2S. The van der Waals surface area contributed by atoms with Crippen LogP contribution >= 0.6 is 0 Å². The van der Waals surface area contributed by atoms with Crippen molar-refractivity contribution in [2.24, 2.45) is 11.7 Å². The fraction of sp³-hybridized carbons (Fsp3) is 0.909. The molecule has 1 fully saturated rings. The second-order valence-corrected chi connectivity index (χ2v) is 6.67. The van der Waals surface area contributed by atoms with Crippen LogP contribution in [0.15, 0.2) is 0 Å². The molecule has 0 saturated carbocycles. The molecule has 1 rings (SSSR count). The lowest BCUT2D eigenvalue weighted by atomic mass is 9.93. The Labute approximate surface area is 104 Å². The molecule has 2 N–H and O–H groups in total. The molecule has 1 aliphatic rings. The minimum absolute atomic E-state index is 0.156. The zero-order valence-corrected chi connectivity index (χ0v) is 11.3. The van der Waals surface area contributed by atoms with Crippen molar-refractivity contribution in [1.29, 1.82) is 5.26 Å². The summed E-state index contributed by atoms with van der Waals surface area (Å²) < 4.78 is 26.1. The van der Waals surface area contributed by atoms with Gasteiger partial charge in [-0.05, 0) is 25.2 Å². The van der Waals surface area contributed by atoms with E-state index in [0.717, 1.165) is 12.8 Å². The maximum absolute atomic E-state index is 12.3. The zero-order valence-electron chi connectivity index (χ0n) is 10.5. The second kappa shape index (κ2) is 5.80. The molecule has 0 spiro atoms. The fourth-order valence-electron chi connectivity index (χ4n) is 2.41. The lowest BCUT2D eigenvalue weighted by Crippen LogP contribution is -2.53. The molecule has 0 radical (unpaired) electrons. The van der Waals surface area contributed by atoms with Gasteiger partial charge in [-0.2, -0.15) is 9.57 Å². The third-order valence-electron chi connectivity index (χ3n) is 3.51. The normalized spacial score (nSPS) is 28.6. The van der Waals surface area contributed by atoms with Crippen molar-refractivity contribution >= 4 is 10.0 Å². The topological polar surface area (TPSA) is 87.2 Å². The molecule has 17 heavy (non-hydrogen) atoms. The highest BCUT2D eigenvalue weighted by molar-refractivity contribution is 7.90. The van der Waals surface area contributed by atoms with Crippen LogP contribution in [0.1, 0.15) is 33.1 Å². The lowest BCUT2D eigenvalue weighted by Gasteiger charge is -2.39. The molecule has 0 amide bonds. The average Bonchev–Trinajstić information content (AvgIpc) is 2.29. The smallest absolute Gasteiger partial charge is 0.230 e. The highest BCUT2D eigenvalue weighted by Crippen LogP contribution is 2.27. The average molecular weight is 259 g/mol. The second-order valence-electron chi connectivity index (χ2n) is 4.60. The van der Waals surface area contributed by atoms with E-state index in [1.54, 1.807) is 6.92 Å². The Kier molecular flexibility index (Phi) is 4.92. The van der Waals surface area contributed by atoms with E-state index in [2.05, 4.69) is 0 Å². The minimum Gasteiger partial charge on any atom is -0.329 e. The third-order valence-corrected chi connectivity index (χ3v) is 5.77.